The number of rotatable bonds is 6. The summed E-state index contributed by atoms with van der Waals surface area (Å²) in [5.41, 5.74) is -1.02. The van der Waals surface area contributed by atoms with Crippen LogP contribution in [0.25, 0.3) is 0 Å². The summed E-state index contributed by atoms with van der Waals surface area (Å²) in [7, 11) is -3.58. The molecule has 0 unspecified atom stereocenters. The van der Waals surface area contributed by atoms with Gasteiger partial charge in [0.1, 0.15) is 0 Å². The molecule has 0 radical (unpaired) electrons. The van der Waals surface area contributed by atoms with Crippen LogP contribution < -0.4 is 5.14 Å². The Bertz CT molecular complexity index is 277. The Kier molecular flexibility index (Phi) is 4.77. The second-order valence-electron chi connectivity index (χ2n) is 4.09. The molecule has 0 amide bonds. The molecule has 4 nitrogen and oxygen atoms in total. The molecule has 0 aromatic carbocycles. The first-order valence-corrected chi connectivity index (χ1v) is 6.12. The van der Waals surface area contributed by atoms with Gasteiger partial charge in [0.05, 0.1) is 10.9 Å². The van der Waals surface area contributed by atoms with E-state index in [-0.39, 0.29) is 6.42 Å². The van der Waals surface area contributed by atoms with Crippen molar-refractivity contribution in [3.8, 4) is 0 Å². The minimum atomic E-state index is -3.58. The summed E-state index contributed by atoms with van der Waals surface area (Å²) in [6, 6.07) is 0. The number of allylic oxidation sites excluding steroid dienone is 1. The molecular formula is C9H19NO3S. The Morgan fingerprint density at radius 2 is 2.07 bits per heavy atom. The summed E-state index contributed by atoms with van der Waals surface area (Å²) >= 11 is 0. The summed E-state index contributed by atoms with van der Waals surface area (Å²) < 4.78 is 22.3. The van der Waals surface area contributed by atoms with E-state index in [1.165, 1.54) is 0 Å². The quantitative estimate of drug-likeness (QED) is 0.650. The molecule has 0 bridgehead atoms. The fourth-order valence-corrected chi connectivity index (χ4v) is 2.35. The van der Waals surface area contributed by atoms with Crippen molar-refractivity contribution >= 4 is 10.0 Å². The molecule has 0 aromatic heterocycles. The summed E-state index contributed by atoms with van der Waals surface area (Å²) in [4.78, 5) is 0. The third-order valence-electron chi connectivity index (χ3n) is 1.88. The van der Waals surface area contributed by atoms with Gasteiger partial charge in [-0.1, -0.05) is 6.08 Å². The average molecular weight is 221 g/mol. The van der Waals surface area contributed by atoms with Crippen molar-refractivity contribution in [3.63, 3.8) is 0 Å². The number of hydrogen-bond donors (Lipinski definition) is 2. The van der Waals surface area contributed by atoms with Gasteiger partial charge in [-0.3, -0.25) is 0 Å². The van der Waals surface area contributed by atoms with Crippen LogP contribution in [0.15, 0.2) is 12.7 Å². The van der Waals surface area contributed by atoms with Gasteiger partial charge in [-0.05, 0) is 33.1 Å². The van der Waals surface area contributed by atoms with Crippen LogP contribution in [-0.2, 0) is 10.0 Å². The molecule has 84 valence electrons. The Labute approximate surface area is 85.9 Å². The van der Waals surface area contributed by atoms with E-state index < -0.39 is 20.9 Å². The zero-order valence-electron chi connectivity index (χ0n) is 8.73. The first kappa shape index (κ1) is 13.6. The van der Waals surface area contributed by atoms with E-state index in [0.29, 0.717) is 12.8 Å². The number of aliphatic hydroxyl groups is 1. The van der Waals surface area contributed by atoms with Gasteiger partial charge in [0.2, 0.25) is 10.0 Å². The Morgan fingerprint density at radius 3 is 2.36 bits per heavy atom. The highest BCUT2D eigenvalue weighted by molar-refractivity contribution is 7.89. The fraction of sp³-hybridized carbons (Fsp3) is 0.778. The molecule has 0 aliphatic carbocycles. The van der Waals surface area contributed by atoms with E-state index in [0.717, 1.165) is 0 Å². The lowest BCUT2D eigenvalue weighted by Crippen LogP contribution is -2.35. The second kappa shape index (κ2) is 4.91. The Balaban J connectivity index is 4.50. The van der Waals surface area contributed by atoms with E-state index in [4.69, 9.17) is 5.14 Å². The molecule has 3 N–H and O–H groups in total. The third kappa shape index (κ3) is 6.12. The lowest BCUT2D eigenvalue weighted by Gasteiger charge is -2.23. The summed E-state index contributed by atoms with van der Waals surface area (Å²) in [5, 5.41) is 13.9. The van der Waals surface area contributed by atoms with E-state index in [9.17, 15) is 13.5 Å². The zero-order chi connectivity index (χ0) is 11.4. The number of primary sulfonamides is 1. The lowest BCUT2D eigenvalue weighted by molar-refractivity contribution is 0.0692. The highest BCUT2D eigenvalue weighted by atomic mass is 32.2. The van der Waals surface area contributed by atoms with Crippen LogP contribution in [0, 0.1) is 0 Å². The van der Waals surface area contributed by atoms with Crippen molar-refractivity contribution in [2.45, 2.75) is 44.0 Å². The highest BCUT2D eigenvalue weighted by Crippen LogP contribution is 2.19. The average Bonchev–Trinajstić information content (AvgIpc) is 1.93. The maximum absolute atomic E-state index is 11.1. The highest BCUT2D eigenvalue weighted by Gasteiger charge is 2.27. The normalized spacial score (nSPS) is 15.1. The minimum Gasteiger partial charge on any atom is -0.390 e. The van der Waals surface area contributed by atoms with Crippen molar-refractivity contribution in [1.82, 2.24) is 0 Å². The minimum absolute atomic E-state index is 0.152. The van der Waals surface area contributed by atoms with E-state index in [2.05, 4.69) is 6.58 Å². The first-order chi connectivity index (χ1) is 6.17. The van der Waals surface area contributed by atoms with Crippen molar-refractivity contribution in [1.29, 1.82) is 0 Å². The van der Waals surface area contributed by atoms with Crippen LogP contribution in [-0.4, -0.2) is 24.4 Å². The molecule has 0 aliphatic heterocycles. The summed E-state index contributed by atoms with van der Waals surface area (Å²) in [5.74, 6) is 0. The van der Waals surface area contributed by atoms with Gasteiger partial charge in [0.25, 0.3) is 0 Å². The van der Waals surface area contributed by atoms with Gasteiger partial charge >= 0.3 is 0 Å². The van der Waals surface area contributed by atoms with Gasteiger partial charge in [0.15, 0.2) is 0 Å². The maximum atomic E-state index is 11.1. The Morgan fingerprint density at radius 1 is 1.57 bits per heavy atom. The van der Waals surface area contributed by atoms with Crippen molar-refractivity contribution in [2.24, 2.45) is 5.14 Å². The molecule has 0 aromatic rings. The van der Waals surface area contributed by atoms with E-state index in [1.807, 2.05) is 0 Å². The van der Waals surface area contributed by atoms with Gasteiger partial charge in [-0.25, -0.2) is 13.6 Å². The molecule has 0 saturated carbocycles. The largest absolute Gasteiger partial charge is 0.390 e. The molecule has 0 rings (SSSR count). The number of nitrogens with two attached hydrogens (primary N) is 1. The summed E-state index contributed by atoms with van der Waals surface area (Å²) in [6.07, 6.45) is 2.78. The standard InChI is InChI=1S/C9H19NO3S/c1-4-5-6-8(14(10,12)13)7-9(2,3)11/h4,8,11H,1,5-7H2,2-3H3,(H2,10,12,13)/t8-/m1/s1. The smallest absolute Gasteiger partial charge is 0.212 e. The van der Waals surface area contributed by atoms with Crippen LogP contribution in [0.4, 0.5) is 0 Å². The zero-order valence-corrected chi connectivity index (χ0v) is 9.55. The topological polar surface area (TPSA) is 80.4 Å². The molecule has 14 heavy (non-hydrogen) atoms. The van der Waals surface area contributed by atoms with Crippen LogP contribution in [0.1, 0.15) is 33.1 Å². The van der Waals surface area contributed by atoms with Crippen LogP contribution in [0.5, 0.6) is 0 Å². The maximum Gasteiger partial charge on any atom is 0.212 e. The number of hydrogen-bond acceptors (Lipinski definition) is 3. The predicted octanol–water partition coefficient (Wildman–Crippen LogP) is 0.771. The molecule has 1 atom stereocenters. The second-order valence-corrected chi connectivity index (χ2v) is 5.94. The van der Waals surface area contributed by atoms with Crippen molar-refractivity contribution in [3.05, 3.63) is 12.7 Å². The van der Waals surface area contributed by atoms with Crippen LogP contribution in [0.2, 0.25) is 0 Å². The number of sulfonamides is 1. The van der Waals surface area contributed by atoms with Gasteiger partial charge in [-0.15, -0.1) is 6.58 Å². The van der Waals surface area contributed by atoms with E-state index >= 15 is 0 Å². The molecular weight excluding hydrogens is 202 g/mol. The van der Waals surface area contributed by atoms with Gasteiger partial charge in [-0.2, -0.15) is 0 Å². The van der Waals surface area contributed by atoms with Crippen molar-refractivity contribution in [2.75, 3.05) is 0 Å². The molecule has 0 heterocycles. The molecule has 0 spiro atoms. The van der Waals surface area contributed by atoms with Gasteiger partial charge < -0.3 is 5.11 Å². The van der Waals surface area contributed by atoms with Crippen molar-refractivity contribution < 1.29 is 13.5 Å². The van der Waals surface area contributed by atoms with E-state index in [1.54, 1.807) is 19.9 Å². The Hall–Kier alpha value is -0.390. The fourth-order valence-electron chi connectivity index (χ4n) is 1.24. The predicted molar refractivity (Wildman–Crippen MR) is 57.2 cm³/mol. The monoisotopic (exact) mass is 221 g/mol. The first-order valence-electron chi connectivity index (χ1n) is 4.51. The van der Waals surface area contributed by atoms with Crippen LogP contribution >= 0.6 is 0 Å². The van der Waals surface area contributed by atoms with Crippen LogP contribution in [0.3, 0.4) is 0 Å². The molecule has 0 saturated heterocycles. The molecule has 5 heteroatoms. The lowest BCUT2D eigenvalue weighted by atomic mass is 10.0. The summed E-state index contributed by atoms with van der Waals surface area (Å²) in [6.45, 7) is 6.65. The molecule has 0 fully saturated rings. The van der Waals surface area contributed by atoms with Gasteiger partial charge in [0, 0.05) is 0 Å². The molecule has 0 aliphatic rings. The third-order valence-corrected chi connectivity index (χ3v) is 3.22. The SMILES string of the molecule is C=CCC[C@H](CC(C)(C)O)S(N)(=O)=O.